The monoisotopic (exact) mass is 431 g/mol. The number of benzene rings is 3. The van der Waals surface area contributed by atoms with Crippen LogP contribution in [0, 0.1) is 10.1 Å². The third-order valence-corrected chi connectivity index (χ3v) is 5.22. The first-order chi connectivity index (χ1) is 15.5. The molecule has 32 heavy (non-hydrogen) atoms. The van der Waals surface area contributed by atoms with Crippen LogP contribution in [0.4, 0.5) is 17.1 Å². The highest BCUT2D eigenvalue weighted by Gasteiger charge is 2.35. The predicted octanol–water partition coefficient (Wildman–Crippen LogP) is 4.70. The van der Waals surface area contributed by atoms with Crippen LogP contribution in [0.5, 0.6) is 11.5 Å². The number of ether oxygens (including phenoxy) is 2. The molecule has 1 aliphatic rings. The zero-order chi connectivity index (χ0) is 22.7. The first-order valence-corrected chi connectivity index (χ1v) is 9.85. The first-order valence-electron chi connectivity index (χ1n) is 9.85. The normalized spacial score (nSPS) is 15.3. The van der Waals surface area contributed by atoms with Gasteiger partial charge in [0.05, 0.1) is 25.2 Å². The minimum atomic E-state index is -0.447. The molecule has 3 aromatic carbocycles. The molecule has 0 radical (unpaired) electrons. The fourth-order valence-corrected chi connectivity index (χ4v) is 3.54. The minimum Gasteiger partial charge on any atom is -0.497 e. The summed E-state index contributed by atoms with van der Waals surface area (Å²) >= 11 is 0. The van der Waals surface area contributed by atoms with Crippen LogP contribution in [-0.2, 0) is 4.79 Å². The standard InChI is InChI=1S/C24H21N3O5/c1-31-20-11-5-17(6-12-20)25-22-15-23(16-3-7-19(8-4-16)27(29)30)26(24(22)28)18-9-13-21(32-2)14-10-18/h3-15,23,25H,1-2H3. The topological polar surface area (TPSA) is 93.9 Å². The zero-order valence-electron chi connectivity index (χ0n) is 17.5. The number of anilines is 2. The van der Waals surface area contributed by atoms with Gasteiger partial charge in [0.25, 0.3) is 11.6 Å². The Hall–Kier alpha value is -4.33. The number of rotatable bonds is 7. The van der Waals surface area contributed by atoms with E-state index in [0.29, 0.717) is 22.9 Å². The van der Waals surface area contributed by atoms with Crippen LogP contribution in [0.3, 0.4) is 0 Å². The Morgan fingerprint density at radius 2 is 1.44 bits per heavy atom. The van der Waals surface area contributed by atoms with Crippen LogP contribution in [0.2, 0.25) is 0 Å². The molecular weight excluding hydrogens is 410 g/mol. The second-order valence-electron chi connectivity index (χ2n) is 7.10. The SMILES string of the molecule is COc1ccc(NC2=CC(c3ccc([N+](=O)[O-])cc3)N(c3ccc(OC)cc3)C2=O)cc1. The Labute approximate surface area is 184 Å². The molecule has 0 saturated heterocycles. The number of hydrogen-bond acceptors (Lipinski definition) is 6. The van der Waals surface area contributed by atoms with Crippen molar-refractivity contribution in [3.05, 3.63) is 100 Å². The number of hydrogen-bond donors (Lipinski definition) is 1. The second-order valence-corrected chi connectivity index (χ2v) is 7.10. The molecule has 3 aromatic rings. The van der Waals surface area contributed by atoms with E-state index in [0.717, 1.165) is 11.3 Å². The highest BCUT2D eigenvalue weighted by molar-refractivity contribution is 6.11. The van der Waals surface area contributed by atoms with Crippen molar-refractivity contribution in [2.45, 2.75) is 6.04 Å². The summed E-state index contributed by atoms with van der Waals surface area (Å²) in [6, 6.07) is 20.2. The van der Waals surface area contributed by atoms with Crippen molar-refractivity contribution in [3.63, 3.8) is 0 Å². The fourth-order valence-electron chi connectivity index (χ4n) is 3.54. The summed E-state index contributed by atoms with van der Waals surface area (Å²) in [6.45, 7) is 0. The number of non-ortho nitro benzene ring substituents is 1. The van der Waals surface area contributed by atoms with Gasteiger partial charge >= 0.3 is 0 Å². The molecule has 1 amide bonds. The van der Waals surface area contributed by atoms with Crippen LogP contribution in [0.1, 0.15) is 11.6 Å². The van der Waals surface area contributed by atoms with Crippen LogP contribution in [0.25, 0.3) is 0 Å². The van der Waals surface area contributed by atoms with E-state index in [4.69, 9.17) is 9.47 Å². The summed E-state index contributed by atoms with van der Waals surface area (Å²) in [4.78, 5) is 25.6. The molecule has 0 fully saturated rings. The van der Waals surface area contributed by atoms with Gasteiger partial charge in [0.2, 0.25) is 0 Å². The number of nitrogens with zero attached hydrogens (tertiary/aromatic N) is 2. The van der Waals surface area contributed by atoms with E-state index >= 15 is 0 Å². The van der Waals surface area contributed by atoms with Gasteiger partial charge in [0.1, 0.15) is 17.2 Å². The third kappa shape index (κ3) is 4.11. The smallest absolute Gasteiger partial charge is 0.275 e. The van der Waals surface area contributed by atoms with Crippen molar-refractivity contribution in [1.29, 1.82) is 0 Å². The number of methoxy groups -OCH3 is 2. The molecule has 0 saturated carbocycles. The number of amides is 1. The summed E-state index contributed by atoms with van der Waals surface area (Å²) in [5.74, 6) is 1.18. The van der Waals surface area contributed by atoms with Crippen LogP contribution in [-0.4, -0.2) is 25.1 Å². The molecule has 1 N–H and O–H groups in total. The van der Waals surface area contributed by atoms with Gasteiger partial charge in [-0.1, -0.05) is 0 Å². The lowest BCUT2D eigenvalue weighted by Gasteiger charge is -2.25. The Kier molecular flexibility index (Phi) is 5.76. The molecule has 4 rings (SSSR count). The van der Waals surface area contributed by atoms with E-state index in [1.807, 2.05) is 18.2 Å². The summed E-state index contributed by atoms with van der Waals surface area (Å²) in [7, 11) is 3.17. The molecule has 8 nitrogen and oxygen atoms in total. The average Bonchev–Trinajstić information content (AvgIpc) is 3.15. The molecule has 1 atom stereocenters. The summed E-state index contributed by atoms with van der Waals surface area (Å²) in [5, 5.41) is 14.2. The number of carbonyl (C=O) groups excluding carboxylic acids is 1. The Balaban J connectivity index is 1.69. The van der Waals surface area contributed by atoms with Crippen LogP contribution in [0.15, 0.2) is 84.6 Å². The molecule has 1 unspecified atom stereocenters. The van der Waals surface area contributed by atoms with Crippen molar-refractivity contribution in [1.82, 2.24) is 0 Å². The lowest BCUT2D eigenvalue weighted by atomic mass is 10.1. The van der Waals surface area contributed by atoms with E-state index < -0.39 is 11.0 Å². The van der Waals surface area contributed by atoms with Gasteiger partial charge in [0, 0.05) is 23.5 Å². The van der Waals surface area contributed by atoms with E-state index in [9.17, 15) is 14.9 Å². The van der Waals surface area contributed by atoms with E-state index in [1.165, 1.54) is 12.1 Å². The van der Waals surface area contributed by atoms with Gasteiger partial charge < -0.3 is 14.8 Å². The van der Waals surface area contributed by atoms with Gasteiger partial charge in [-0.15, -0.1) is 0 Å². The second kappa shape index (κ2) is 8.81. The van der Waals surface area contributed by atoms with Gasteiger partial charge in [-0.2, -0.15) is 0 Å². The van der Waals surface area contributed by atoms with Crippen molar-refractivity contribution >= 4 is 23.0 Å². The van der Waals surface area contributed by atoms with E-state index in [2.05, 4.69) is 5.32 Å². The summed E-state index contributed by atoms with van der Waals surface area (Å²) in [5.41, 5.74) is 2.58. The van der Waals surface area contributed by atoms with Crippen LogP contribution >= 0.6 is 0 Å². The third-order valence-electron chi connectivity index (χ3n) is 5.22. The number of carbonyl (C=O) groups is 1. The highest BCUT2D eigenvalue weighted by Crippen LogP contribution is 2.37. The largest absolute Gasteiger partial charge is 0.497 e. The highest BCUT2D eigenvalue weighted by atomic mass is 16.6. The molecule has 1 aliphatic heterocycles. The van der Waals surface area contributed by atoms with Crippen LogP contribution < -0.4 is 19.7 Å². The zero-order valence-corrected chi connectivity index (χ0v) is 17.5. The number of nitro benzene ring substituents is 1. The Bertz CT molecular complexity index is 1160. The lowest BCUT2D eigenvalue weighted by Crippen LogP contribution is -2.30. The molecular formula is C24H21N3O5. The average molecular weight is 431 g/mol. The molecule has 0 spiro atoms. The van der Waals surface area contributed by atoms with E-state index in [1.54, 1.807) is 67.7 Å². The summed E-state index contributed by atoms with van der Waals surface area (Å²) < 4.78 is 10.4. The van der Waals surface area contributed by atoms with Crippen molar-refractivity contribution < 1.29 is 19.2 Å². The van der Waals surface area contributed by atoms with Gasteiger partial charge in [0.15, 0.2) is 0 Å². The maximum Gasteiger partial charge on any atom is 0.275 e. The number of nitro groups is 1. The number of nitrogens with one attached hydrogen (secondary N) is 1. The summed E-state index contributed by atoms with van der Waals surface area (Å²) in [6.07, 6.45) is 1.82. The maximum absolute atomic E-state index is 13.4. The molecule has 8 heteroatoms. The first kappa shape index (κ1) is 20.9. The Morgan fingerprint density at radius 3 is 1.97 bits per heavy atom. The molecule has 0 bridgehead atoms. The minimum absolute atomic E-state index is 0.00497. The maximum atomic E-state index is 13.4. The lowest BCUT2D eigenvalue weighted by molar-refractivity contribution is -0.384. The fraction of sp³-hybridized carbons (Fsp3) is 0.125. The molecule has 162 valence electrons. The Morgan fingerprint density at radius 1 is 0.875 bits per heavy atom. The van der Waals surface area contributed by atoms with Crippen molar-refractivity contribution in [3.8, 4) is 11.5 Å². The van der Waals surface area contributed by atoms with Gasteiger partial charge in [-0.3, -0.25) is 19.8 Å². The van der Waals surface area contributed by atoms with Gasteiger partial charge in [-0.25, -0.2) is 0 Å². The van der Waals surface area contributed by atoms with Gasteiger partial charge in [-0.05, 0) is 72.3 Å². The molecule has 0 aliphatic carbocycles. The molecule has 0 aromatic heterocycles. The molecule has 1 heterocycles. The predicted molar refractivity (Wildman–Crippen MR) is 121 cm³/mol. The van der Waals surface area contributed by atoms with E-state index in [-0.39, 0.29) is 11.6 Å². The van der Waals surface area contributed by atoms with Crippen molar-refractivity contribution in [2.24, 2.45) is 0 Å². The quantitative estimate of drug-likeness (QED) is 0.431. The van der Waals surface area contributed by atoms with Crippen molar-refractivity contribution in [2.75, 3.05) is 24.4 Å².